The minimum Gasteiger partial charge on any atom is -0.379 e. The summed E-state index contributed by atoms with van der Waals surface area (Å²) in [6.45, 7) is 0.531. The molecule has 0 amide bonds. The minimum absolute atomic E-state index is 0.0551. The first-order chi connectivity index (χ1) is 7.25. The molecule has 0 fully saturated rings. The molecule has 0 spiro atoms. The number of thioether (sulfide) groups is 1. The van der Waals surface area contributed by atoms with E-state index in [0.717, 1.165) is 11.8 Å². The lowest BCUT2D eigenvalue weighted by Crippen LogP contribution is -2.05. The molecular weight excluding hydrogens is 214 g/mol. The first-order valence-electron chi connectivity index (χ1n) is 4.24. The van der Waals surface area contributed by atoms with Gasteiger partial charge in [-0.15, -0.1) is 0 Å². The van der Waals surface area contributed by atoms with E-state index in [-0.39, 0.29) is 5.69 Å². The van der Waals surface area contributed by atoms with Gasteiger partial charge in [0.15, 0.2) is 0 Å². The average molecular weight is 223 g/mol. The van der Waals surface area contributed by atoms with Crippen LogP contribution in [0.1, 0.15) is 0 Å². The normalized spacial score (nSPS) is 9.27. The maximum Gasteiger partial charge on any atom is 0.292 e. The molecule has 6 heteroatoms. The Morgan fingerprint density at radius 2 is 2.27 bits per heavy atom. The lowest BCUT2D eigenvalue weighted by molar-refractivity contribution is -0.384. The van der Waals surface area contributed by atoms with E-state index in [9.17, 15) is 10.1 Å². The summed E-state index contributed by atoms with van der Waals surface area (Å²) in [6.07, 6.45) is 0. The first kappa shape index (κ1) is 11.3. The number of para-hydroxylation sites is 2. The highest BCUT2D eigenvalue weighted by Crippen LogP contribution is 2.22. The predicted molar refractivity (Wildman–Crippen MR) is 59.7 cm³/mol. The quantitative estimate of drug-likeness (QED) is 0.358. The zero-order valence-electron chi connectivity index (χ0n) is 7.84. The first-order valence-corrected chi connectivity index (χ1v) is 5.22. The number of nitrogens with one attached hydrogen (secondary N) is 1. The Hall–Kier alpha value is -1.74. The summed E-state index contributed by atoms with van der Waals surface area (Å²) in [5.74, 6) is 0.600. The Kier molecular flexibility index (Phi) is 4.44. The molecule has 0 aliphatic heterocycles. The molecule has 0 aliphatic carbocycles. The van der Waals surface area contributed by atoms with Gasteiger partial charge in [-0.25, -0.2) is 0 Å². The second-order valence-electron chi connectivity index (χ2n) is 2.64. The summed E-state index contributed by atoms with van der Waals surface area (Å²) in [5, 5.41) is 23.8. The third kappa shape index (κ3) is 3.48. The van der Waals surface area contributed by atoms with Crippen molar-refractivity contribution in [2.45, 2.75) is 0 Å². The molecule has 15 heavy (non-hydrogen) atoms. The molecular formula is C9H9N3O2S. The standard InChI is InChI=1S/C9H9N3O2S/c10-7-15-6-5-11-8-3-1-2-4-9(8)12(13)14/h1-4,11H,5-6H2. The number of rotatable bonds is 5. The Bertz CT molecular complexity index is 389. The van der Waals surface area contributed by atoms with Crippen molar-refractivity contribution in [1.82, 2.24) is 0 Å². The second kappa shape index (κ2) is 5.88. The number of nitriles is 1. The van der Waals surface area contributed by atoms with Crippen molar-refractivity contribution < 1.29 is 4.92 Å². The molecule has 78 valence electrons. The molecule has 0 atom stereocenters. The third-order valence-corrected chi connectivity index (χ3v) is 2.22. The Morgan fingerprint density at radius 1 is 1.53 bits per heavy atom. The van der Waals surface area contributed by atoms with Crippen LogP contribution < -0.4 is 5.32 Å². The number of nitro groups is 1. The summed E-state index contributed by atoms with van der Waals surface area (Å²) >= 11 is 1.11. The molecule has 0 saturated heterocycles. The van der Waals surface area contributed by atoms with E-state index in [0.29, 0.717) is 18.0 Å². The number of anilines is 1. The smallest absolute Gasteiger partial charge is 0.292 e. The van der Waals surface area contributed by atoms with Crippen LogP contribution in [0.25, 0.3) is 0 Å². The topological polar surface area (TPSA) is 79.0 Å². The van der Waals surface area contributed by atoms with Crippen LogP contribution in [0.5, 0.6) is 0 Å². The van der Waals surface area contributed by atoms with Crippen molar-refractivity contribution in [2.24, 2.45) is 0 Å². The largest absolute Gasteiger partial charge is 0.379 e. The summed E-state index contributed by atoms with van der Waals surface area (Å²) in [7, 11) is 0. The number of nitro benzene ring substituents is 1. The van der Waals surface area contributed by atoms with Crippen LogP contribution in [0.15, 0.2) is 24.3 Å². The van der Waals surface area contributed by atoms with Crippen molar-refractivity contribution in [3.8, 4) is 5.40 Å². The molecule has 0 bridgehead atoms. The summed E-state index contributed by atoms with van der Waals surface area (Å²) < 4.78 is 0. The molecule has 1 rings (SSSR count). The van der Waals surface area contributed by atoms with Crippen LogP contribution in [-0.4, -0.2) is 17.2 Å². The van der Waals surface area contributed by atoms with Crippen molar-refractivity contribution >= 4 is 23.1 Å². The molecule has 0 radical (unpaired) electrons. The zero-order chi connectivity index (χ0) is 11.1. The maximum atomic E-state index is 10.6. The third-order valence-electron chi connectivity index (χ3n) is 1.68. The highest BCUT2D eigenvalue weighted by atomic mass is 32.2. The minimum atomic E-state index is -0.431. The van der Waals surface area contributed by atoms with Gasteiger partial charge in [0.2, 0.25) is 0 Å². The molecule has 5 nitrogen and oxygen atoms in total. The highest BCUT2D eigenvalue weighted by Gasteiger charge is 2.10. The van der Waals surface area contributed by atoms with E-state index in [1.165, 1.54) is 6.07 Å². The van der Waals surface area contributed by atoms with Crippen LogP contribution >= 0.6 is 11.8 Å². The van der Waals surface area contributed by atoms with Crippen molar-refractivity contribution in [3.63, 3.8) is 0 Å². The van der Waals surface area contributed by atoms with Gasteiger partial charge >= 0.3 is 0 Å². The number of benzene rings is 1. The van der Waals surface area contributed by atoms with Crippen LogP contribution in [0, 0.1) is 20.8 Å². The Balaban J connectivity index is 2.60. The SMILES string of the molecule is N#CSCCNc1ccccc1[N+](=O)[O-]. The lowest BCUT2D eigenvalue weighted by Gasteiger charge is -2.04. The van der Waals surface area contributed by atoms with Crippen LogP contribution in [0.4, 0.5) is 11.4 Å². The van der Waals surface area contributed by atoms with Gasteiger partial charge in [-0.2, -0.15) is 5.26 Å². The average Bonchev–Trinajstić information content (AvgIpc) is 2.25. The van der Waals surface area contributed by atoms with Crippen molar-refractivity contribution in [1.29, 1.82) is 5.26 Å². The fraction of sp³-hybridized carbons (Fsp3) is 0.222. The predicted octanol–water partition coefficient (Wildman–Crippen LogP) is 2.22. The van der Waals surface area contributed by atoms with E-state index >= 15 is 0 Å². The molecule has 0 saturated carbocycles. The summed E-state index contributed by atoms with van der Waals surface area (Å²) in [4.78, 5) is 10.2. The molecule has 0 aliphatic rings. The Morgan fingerprint density at radius 3 is 2.93 bits per heavy atom. The van der Waals surface area contributed by atoms with Gasteiger partial charge in [0.1, 0.15) is 11.1 Å². The van der Waals surface area contributed by atoms with Crippen molar-refractivity contribution in [3.05, 3.63) is 34.4 Å². The van der Waals surface area contributed by atoms with Crippen molar-refractivity contribution in [2.75, 3.05) is 17.6 Å². The summed E-state index contributed by atoms with van der Waals surface area (Å²) in [5.41, 5.74) is 0.542. The number of hydrogen-bond donors (Lipinski definition) is 1. The molecule has 1 aromatic rings. The number of thiocyanates is 1. The maximum absolute atomic E-state index is 10.6. The number of nitrogens with zero attached hydrogens (tertiary/aromatic N) is 2. The van der Waals surface area contributed by atoms with E-state index in [4.69, 9.17) is 5.26 Å². The zero-order valence-corrected chi connectivity index (χ0v) is 8.66. The molecule has 1 aromatic carbocycles. The number of hydrogen-bond acceptors (Lipinski definition) is 5. The van der Waals surface area contributed by atoms with E-state index < -0.39 is 4.92 Å². The Labute approximate surface area is 91.2 Å². The van der Waals surface area contributed by atoms with E-state index in [2.05, 4.69) is 5.32 Å². The molecule has 1 N–H and O–H groups in total. The van der Waals surface area contributed by atoms with Gasteiger partial charge in [0.05, 0.1) is 4.92 Å². The summed E-state index contributed by atoms with van der Waals surface area (Å²) in [6, 6.07) is 6.44. The van der Waals surface area contributed by atoms with Crippen LogP contribution in [0.2, 0.25) is 0 Å². The van der Waals surface area contributed by atoms with Gasteiger partial charge in [0, 0.05) is 18.4 Å². The van der Waals surface area contributed by atoms with Crippen LogP contribution in [-0.2, 0) is 0 Å². The fourth-order valence-electron chi connectivity index (χ4n) is 1.06. The van der Waals surface area contributed by atoms with E-state index in [1.807, 2.05) is 5.40 Å². The molecule has 0 heterocycles. The lowest BCUT2D eigenvalue weighted by atomic mass is 10.2. The monoisotopic (exact) mass is 223 g/mol. The fourth-order valence-corrected chi connectivity index (χ4v) is 1.36. The molecule has 0 unspecified atom stereocenters. The van der Waals surface area contributed by atoms with E-state index in [1.54, 1.807) is 18.2 Å². The molecule has 0 aromatic heterocycles. The van der Waals surface area contributed by atoms with Gasteiger partial charge < -0.3 is 5.32 Å². The van der Waals surface area contributed by atoms with Gasteiger partial charge in [-0.1, -0.05) is 12.1 Å². The second-order valence-corrected chi connectivity index (χ2v) is 3.52. The van der Waals surface area contributed by atoms with Gasteiger partial charge in [-0.05, 0) is 17.8 Å². The van der Waals surface area contributed by atoms with Crippen LogP contribution in [0.3, 0.4) is 0 Å². The van der Waals surface area contributed by atoms with Gasteiger partial charge in [-0.3, -0.25) is 10.1 Å². The highest BCUT2D eigenvalue weighted by molar-refractivity contribution is 8.03. The van der Waals surface area contributed by atoms with Gasteiger partial charge in [0.25, 0.3) is 5.69 Å².